The SMILES string of the molecule is O=C(Nc1ccc2nc3n(c(=O)c2c1)-c1ccccc1C3=O)OCCOCCOCCOCCO. The third kappa shape index (κ3) is 5.72. The Morgan fingerprint density at radius 2 is 1.60 bits per heavy atom. The number of hydrogen-bond acceptors (Lipinski definition) is 9. The van der Waals surface area contributed by atoms with Crippen molar-refractivity contribution in [3.05, 3.63) is 64.2 Å². The van der Waals surface area contributed by atoms with E-state index in [4.69, 9.17) is 24.1 Å². The normalized spacial score (nSPS) is 12.0. The third-order valence-corrected chi connectivity index (χ3v) is 5.15. The minimum Gasteiger partial charge on any atom is -0.447 e. The van der Waals surface area contributed by atoms with Gasteiger partial charge >= 0.3 is 6.09 Å². The van der Waals surface area contributed by atoms with Gasteiger partial charge in [0, 0.05) is 5.69 Å². The van der Waals surface area contributed by atoms with Crippen LogP contribution in [0.15, 0.2) is 47.3 Å². The molecule has 0 saturated heterocycles. The molecule has 0 unspecified atom stereocenters. The Kier molecular flexibility index (Phi) is 8.16. The summed E-state index contributed by atoms with van der Waals surface area (Å²) >= 11 is 0. The molecule has 2 aromatic carbocycles. The molecular weight excluding hydrogens is 458 g/mol. The highest BCUT2D eigenvalue weighted by Gasteiger charge is 2.29. The molecule has 0 radical (unpaired) electrons. The van der Waals surface area contributed by atoms with Gasteiger partial charge in [-0.1, -0.05) is 12.1 Å². The quantitative estimate of drug-likeness (QED) is 0.287. The molecule has 0 saturated carbocycles. The topological polar surface area (TPSA) is 138 Å². The molecule has 11 heteroatoms. The minimum atomic E-state index is -0.694. The summed E-state index contributed by atoms with van der Waals surface area (Å²) in [4.78, 5) is 42.2. The van der Waals surface area contributed by atoms with Crippen molar-refractivity contribution in [2.75, 3.05) is 58.2 Å². The first-order valence-electron chi connectivity index (χ1n) is 11.1. The highest BCUT2D eigenvalue weighted by atomic mass is 16.6. The molecule has 2 N–H and O–H groups in total. The third-order valence-electron chi connectivity index (χ3n) is 5.15. The first-order chi connectivity index (χ1) is 17.1. The average molecular weight is 483 g/mol. The summed E-state index contributed by atoms with van der Waals surface area (Å²) in [6.07, 6.45) is -0.694. The van der Waals surface area contributed by atoms with Crippen molar-refractivity contribution in [2.45, 2.75) is 0 Å². The smallest absolute Gasteiger partial charge is 0.411 e. The van der Waals surface area contributed by atoms with Gasteiger partial charge in [-0.05, 0) is 30.3 Å². The van der Waals surface area contributed by atoms with Crippen LogP contribution in [-0.4, -0.2) is 79.4 Å². The molecule has 1 amide bonds. The van der Waals surface area contributed by atoms with Crippen LogP contribution in [0.3, 0.4) is 0 Å². The van der Waals surface area contributed by atoms with E-state index in [1.807, 2.05) is 0 Å². The van der Waals surface area contributed by atoms with Crippen LogP contribution in [0, 0.1) is 0 Å². The van der Waals surface area contributed by atoms with Crippen molar-refractivity contribution >= 4 is 28.5 Å². The van der Waals surface area contributed by atoms with Gasteiger partial charge in [0.15, 0.2) is 5.82 Å². The number of ketones is 1. The number of hydrogen-bond donors (Lipinski definition) is 2. The van der Waals surface area contributed by atoms with Gasteiger partial charge in [-0.15, -0.1) is 0 Å². The van der Waals surface area contributed by atoms with Crippen LogP contribution in [0.25, 0.3) is 16.6 Å². The Labute approximate surface area is 200 Å². The number of carbonyl (C=O) groups is 2. The molecule has 0 fully saturated rings. The highest BCUT2D eigenvalue weighted by Crippen LogP contribution is 2.26. The fourth-order valence-electron chi connectivity index (χ4n) is 3.57. The van der Waals surface area contributed by atoms with Gasteiger partial charge in [0.1, 0.15) is 6.61 Å². The van der Waals surface area contributed by atoms with E-state index < -0.39 is 11.7 Å². The number of nitrogens with zero attached hydrogens (tertiary/aromatic N) is 2. The van der Waals surface area contributed by atoms with Crippen LogP contribution in [0.1, 0.15) is 16.2 Å². The largest absolute Gasteiger partial charge is 0.447 e. The lowest BCUT2D eigenvalue weighted by Crippen LogP contribution is -2.22. The number of benzene rings is 2. The van der Waals surface area contributed by atoms with Gasteiger partial charge in [-0.3, -0.25) is 19.5 Å². The van der Waals surface area contributed by atoms with Crippen molar-refractivity contribution in [3.8, 4) is 5.69 Å². The number of anilines is 1. The molecule has 0 bridgehead atoms. The lowest BCUT2D eigenvalue weighted by atomic mass is 10.1. The molecule has 0 aliphatic carbocycles. The molecule has 3 aromatic rings. The summed E-state index contributed by atoms with van der Waals surface area (Å²) in [5.41, 5.74) is 1.24. The molecule has 4 rings (SSSR count). The van der Waals surface area contributed by atoms with E-state index in [-0.39, 0.29) is 43.4 Å². The first kappa shape index (κ1) is 24.5. The molecule has 1 aromatic heterocycles. The van der Waals surface area contributed by atoms with Crippen LogP contribution < -0.4 is 10.9 Å². The predicted molar refractivity (Wildman–Crippen MR) is 125 cm³/mol. The second-order valence-corrected chi connectivity index (χ2v) is 7.48. The molecule has 0 spiro atoms. The maximum absolute atomic E-state index is 13.1. The fourth-order valence-corrected chi connectivity index (χ4v) is 3.57. The summed E-state index contributed by atoms with van der Waals surface area (Å²) in [5, 5.41) is 11.4. The zero-order valence-electron chi connectivity index (χ0n) is 18.9. The average Bonchev–Trinajstić information content (AvgIpc) is 3.15. The lowest BCUT2D eigenvalue weighted by molar-refractivity contribution is 0.00136. The Morgan fingerprint density at radius 3 is 2.34 bits per heavy atom. The fraction of sp³-hybridized carbons (Fsp3) is 0.333. The van der Waals surface area contributed by atoms with Gasteiger partial charge in [0.25, 0.3) is 5.56 Å². The van der Waals surface area contributed by atoms with E-state index in [0.29, 0.717) is 48.9 Å². The number of aliphatic hydroxyl groups excluding tert-OH is 1. The molecule has 0 atom stereocenters. The number of rotatable bonds is 12. The Bertz CT molecular complexity index is 1270. The number of aromatic nitrogens is 2. The van der Waals surface area contributed by atoms with Gasteiger partial charge in [-0.2, -0.15) is 0 Å². The van der Waals surface area contributed by atoms with E-state index in [1.165, 1.54) is 10.6 Å². The van der Waals surface area contributed by atoms with Gasteiger partial charge in [-0.25, -0.2) is 9.78 Å². The van der Waals surface area contributed by atoms with Crippen molar-refractivity contribution in [3.63, 3.8) is 0 Å². The Morgan fingerprint density at radius 1 is 0.914 bits per heavy atom. The van der Waals surface area contributed by atoms with Crippen LogP contribution in [-0.2, 0) is 18.9 Å². The number of carbonyl (C=O) groups excluding carboxylic acids is 2. The van der Waals surface area contributed by atoms with Crippen LogP contribution in [0.5, 0.6) is 0 Å². The lowest BCUT2D eigenvalue weighted by Gasteiger charge is -2.10. The van der Waals surface area contributed by atoms with E-state index in [2.05, 4.69) is 10.3 Å². The van der Waals surface area contributed by atoms with Crippen LogP contribution in [0.4, 0.5) is 10.5 Å². The molecule has 1 aliphatic heterocycles. The summed E-state index contributed by atoms with van der Waals surface area (Å²) < 4.78 is 22.1. The summed E-state index contributed by atoms with van der Waals surface area (Å²) in [7, 11) is 0. The summed E-state index contributed by atoms with van der Waals surface area (Å²) in [6, 6.07) is 11.5. The number of aliphatic hydroxyl groups is 1. The zero-order chi connectivity index (χ0) is 24.6. The molecule has 1 aliphatic rings. The number of fused-ring (bicyclic) bond motifs is 4. The van der Waals surface area contributed by atoms with Gasteiger partial charge in [0.2, 0.25) is 5.78 Å². The molecule has 11 nitrogen and oxygen atoms in total. The van der Waals surface area contributed by atoms with Crippen molar-refractivity contribution < 1.29 is 33.6 Å². The van der Waals surface area contributed by atoms with Crippen molar-refractivity contribution in [1.82, 2.24) is 9.55 Å². The van der Waals surface area contributed by atoms with E-state index in [0.717, 1.165) is 0 Å². The van der Waals surface area contributed by atoms with Gasteiger partial charge in [0.05, 0.1) is 68.4 Å². The molecule has 2 heterocycles. The van der Waals surface area contributed by atoms with Crippen LogP contribution >= 0.6 is 0 Å². The van der Waals surface area contributed by atoms with E-state index >= 15 is 0 Å². The van der Waals surface area contributed by atoms with Crippen molar-refractivity contribution in [1.29, 1.82) is 0 Å². The number of amides is 1. The number of para-hydroxylation sites is 1. The summed E-state index contributed by atoms with van der Waals surface area (Å²) in [5.74, 6) is -0.226. The monoisotopic (exact) mass is 483 g/mol. The second-order valence-electron chi connectivity index (χ2n) is 7.48. The highest BCUT2D eigenvalue weighted by molar-refractivity contribution is 6.13. The maximum atomic E-state index is 13.1. The predicted octanol–water partition coefficient (Wildman–Crippen LogP) is 1.52. The number of nitrogens with one attached hydrogen (secondary N) is 1. The molecular formula is C24H25N3O8. The summed E-state index contributed by atoms with van der Waals surface area (Å²) in [6.45, 7) is 2.00. The first-order valence-corrected chi connectivity index (χ1v) is 11.1. The van der Waals surface area contributed by atoms with Crippen LogP contribution in [0.2, 0.25) is 0 Å². The van der Waals surface area contributed by atoms with E-state index in [1.54, 1.807) is 36.4 Å². The molecule has 184 valence electrons. The van der Waals surface area contributed by atoms with Gasteiger partial charge < -0.3 is 24.1 Å². The standard InChI is InChI=1S/C24H25N3O8/c28-7-8-32-9-10-33-11-12-34-13-14-35-24(31)25-16-5-6-19-18(15-16)23(30)27-20-4-2-1-3-17(20)21(29)22(27)26-19/h1-6,15,28H,7-14H2,(H,25,31). The Hall–Kier alpha value is -3.64. The van der Waals surface area contributed by atoms with Crippen molar-refractivity contribution in [2.24, 2.45) is 0 Å². The van der Waals surface area contributed by atoms with E-state index in [9.17, 15) is 14.4 Å². The maximum Gasteiger partial charge on any atom is 0.411 e. The minimum absolute atomic E-state index is 0.0214. The zero-order valence-corrected chi connectivity index (χ0v) is 18.9. The number of ether oxygens (including phenoxy) is 4. The molecule has 35 heavy (non-hydrogen) atoms. The second kappa shape index (κ2) is 11.7. The Balaban J connectivity index is 1.28.